The fourth-order valence-corrected chi connectivity index (χ4v) is 1.72. The van der Waals surface area contributed by atoms with Gasteiger partial charge in [0.1, 0.15) is 23.1 Å². The molecule has 0 aliphatic heterocycles. The first-order valence-corrected chi connectivity index (χ1v) is 6.19. The number of benzene rings is 1. The van der Waals surface area contributed by atoms with E-state index >= 15 is 0 Å². The average molecular weight is 277 g/mol. The quantitative estimate of drug-likeness (QED) is 0.813. The molecule has 19 heavy (non-hydrogen) atoms. The number of hydrogen-bond donors (Lipinski definition) is 1. The number of aromatic nitrogens is 2. The summed E-state index contributed by atoms with van der Waals surface area (Å²) in [5.74, 6) is 1.34. The zero-order valence-corrected chi connectivity index (χ0v) is 11.4. The standard InChI is InChI=1S/C13H15N3O2S/c1-17-11-7-10(13(14)19)8-12(9-11)18-6-5-16-4-2-3-15-16/h2-4,7-9H,5-6H2,1H3,(H2,14,19). The second-order valence-corrected chi connectivity index (χ2v) is 4.32. The zero-order chi connectivity index (χ0) is 13.7. The van der Waals surface area contributed by atoms with E-state index in [1.165, 1.54) is 0 Å². The van der Waals surface area contributed by atoms with Crippen LogP contribution in [0.1, 0.15) is 5.56 Å². The molecule has 0 saturated carbocycles. The largest absolute Gasteiger partial charge is 0.497 e. The molecule has 0 aliphatic rings. The third-order valence-corrected chi connectivity index (χ3v) is 2.78. The molecule has 0 aliphatic carbocycles. The fourth-order valence-electron chi connectivity index (χ4n) is 1.60. The molecular formula is C13H15N3O2S. The van der Waals surface area contributed by atoms with E-state index in [4.69, 9.17) is 27.4 Å². The van der Waals surface area contributed by atoms with Crippen molar-refractivity contribution in [3.05, 3.63) is 42.2 Å². The lowest BCUT2D eigenvalue weighted by Gasteiger charge is -2.10. The Morgan fingerprint density at radius 2 is 2.16 bits per heavy atom. The van der Waals surface area contributed by atoms with Crippen LogP contribution < -0.4 is 15.2 Å². The third-order valence-electron chi connectivity index (χ3n) is 2.55. The predicted octanol–water partition coefficient (Wildman–Crippen LogP) is 1.60. The van der Waals surface area contributed by atoms with Gasteiger partial charge in [-0.2, -0.15) is 5.10 Å². The van der Waals surface area contributed by atoms with Crippen LogP contribution in [0.5, 0.6) is 11.5 Å². The van der Waals surface area contributed by atoms with Crippen molar-refractivity contribution in [2.45, 2.75) is 6.54 Å². The van der Waals surface area contributed by atoms with Gasteiger partial charge in [0.2, 0.25) is 0 Å². The second kappa shape index (κ2) is 6.19. The number of ether oxygens (including phenoxy) is 2. The molecule has 2 aromatic rings. The minimum Gasteiger partial charge on any atom is -0.497 e. The molecule has 0 radical (unpaired) electrons. The van der Waals surface area contributed by atoms with E-state index < -0.39 is 0 Å². The van der Waals surface area contributed by atoms with Crippen molar-refractivity contribution >= 4 is 17.2 Å². The Kier molecular flexibility index (Phi) is 4.35. The zero-order valence-electron chi connectivity index (χ0n) is 10.6. The van der Waals surface area contributed by atoms with Gasteiger partial charge in [-0.1, -0.05) is 12.2 Å². The molecule has 5 nitrogen and oxygen atoms in total. The molecule has 1 aromatic carbocycles. The Hall–Kier alpha value is -2.08. The fraction of sp³-hybridized carbons (Fsp3) is 0.231. The van der Waals surface area contributed by atoms with E-state index in [0.717, 1.165) is 5.56 Å². The number of methoxy groups -OCH3 is 1. The number of nitrogens with zero attached hydrogens (tertiary/aromatic N) is 2. The summed E-state index contributed by atoms with van der Waals surface area (Å²) in [4.78, 5) is 0.316. The van der Waals surface area contributed by atoms with Crippen LogP contribution in [0.2, 0.25) is 0 Å². The molecule has 2 N–H and O–H groups in total. The van der Waals surface area contributed by atoms with E-state index in [-0.39, 0.29) is 0 Å². The molecule has 2 rings (SSSR count). The molecule has 100 valence electrons. The van der Waals surface area contributed by atoms with Crippen LogP contribution in [-0.2, 0) is 6.54 Å². The smallest absolute Gasteiger partial charge is 0.123 e. The Morgan fingerprint density at radius 3 is 2.79 bits per heavy atom. The van der Waals surface area contributed by atoms with Crippen molar-refractivity contribution in [1.82, 2.24) is 9.78 Å². The van der Waals surface area contributed by atoms with Crippen molar-refractivity contribution in [2.24, 2.45) is 5.73 Å². The van der Waals surface area contributed by atoms with Crippen LogP contribution in [0.15, 0.2) is 36.7 Å². The van der Waals surface area contributed by atoms with Gasteiger partial charge in [0.15, 0.2) is 0 Å². The van der Waals surface area contributed by atoms with Gasteiger partial charge >= 0.3 is 0 Å². The molecule has 0 bridgehead atoms. The normalized spacial score (nSPS) is 10.2. The topological polar surface area (TPSA) is 62.3 Å². The lowest BCUT2D eigenvalue weighted by molar-refractivity contribution is 0.289. The Labute approximate surface area is 116 Å². The van der Waals surface area contributed by atoms with Gasteiger partial charge < -0.3 is 15.2 Å². The van der Waals surface area contributed by atoms with Crippen molar-refractivity contribution in [3.63, 3.8) is 0 Å². The third kappa shape index (κ3) is 3.69. The lowest BCUT2D eigenvalue weighted by atomic mass is 10.2. The molecule has 0 atom stereocenters. The predicted molar refractivity (Wildman–Crippen MR) is 76.6 cm³/mol. The molecule has 0 amide bonds. The van der Waals surface area contributed by atoms with Crippen molar-refractivity contribution in [3.8, 4) is 11.5 Å². The summed E-state index contributed by atoms with van der Waals surface area (Å²) < 4.78 is 12.6. The van der Waals surface area contributed by atoms with Crippen LogP contribution in [-0.4, -0.2) is 28.5 Å². The van der Waals surface area contributed by atoms with Crippen LogP contribution in [0.25, 0.3) is 0 Å². The number of rotatable bonds is 6. The molecule has 0 spiro atoms. The first-order chi connectivity index (χ1) is 9.19. The van der Waals surface area contributed by atoms with Crippen LogP contribution >= 0.6 is 12.2 Å². The van der Waals surface area contributed by atoms with Gasteiger partial charge in [-0.05, 0) is 18.2 Å². The number of nitrogens with two attached hydrogens (primary N) is 1. The highest BCUT2D eigenvalue weighted by Gasteiger charge is 2.04. The highest BCUT2D eigenvalue weighted by Crippen LogP contribution is 2.22. The molecular weight excluding hydrogens is 262 g/mol. The van der Waals surface area contributed by atoms with Gasteiger partial charge in [-0.3, -0.25) is 4.68 Å². The first kappa shape index (κ1) is 13.4. The minimum atomic E-state index is 0.316. The Morgan fingerprint density at radius 1 is 1.37 bits per heavy atom. The lowest BCUT2D eigenvalue weighted by Crippen LogP contribution is -2.11. The van der Waals surface area contributed by atoms with Gasteiger partial charge in [-0.15, -0.1) is 0 Å². The van der Waals surface area contributed by atoms with E-state index in [0.29, 0.717) is 29.6 Å². The highest BCUT2D eigenvalue weighted by atomic mass is 32.1. The summed E-state index contributed by atoms with van der Waals surface area (Å²) >= 11 is 4.96. The molecule has 0 fully saturated rings. The summed E-state index contributed by atoms with van der Waals surface area (Å²) in [7, 11) is 1.59. The van der Waals surface area contributed by atoms with Gasteiger partial charge in [-0.25, -0.2) is 0 Å². The van der Waals surface area contributed by atoms with E-state index in [9.17, 15) is 0 Å². The summed E-state index contributed by atoms with van der Waals surface area (Å²) in [5, 5.41) is 4.10. The maximum absolute atomic E-state index is 5.66. The molecule has 0 unspecified atom stereocenters. The van der Waals surface area contributed by atoms with Crippen LogP contribution in [0, 0.1) is 0 Å². The summed E-state index contributed by atoms with van der Waals surface area (Å²) in [5.41, 5.74) is 6.34. The van der Waals surface area contributed by atoms with Gasteiger partial charge in [0.05, 0.1) is 13.7 Å². The van der Waals surface area contributed by atoms with Crippen molar-refractivity contribution < 1.29 is 9.47 Å². The van der Waals surface area contributed by atoms with Crippen molar-refractivity contribution in [2.75, 3.05) is 13.7 Å². The van der Waals surface area contributed by atoms with Gasteiger partial charge in [0, 0.05) is 24.0 Å². The SMILES string of the molecule is COc1cc(OCCn2cccn2)cc(C(N)=S)c1. The first-order valence-electron chi connectivity index (χ1n) is 5.78. The van der Waals surface area contributed by atoms with E-state index in [2.05, 4.69) is 5.10 Å². The number of thiocarbonyl (C=S) groups is 1. The molecule has 6 heteroatoms. The monoisotopic (exact) mass is 277 g/mol. The average Bonchev–Trinajstić information content (AvgIpc) is 2.91. The van der Waals surface area contributed by atoms with Crippen molar-refractivity contribution in [1.29, 1.82) is 0 Å². The van der Waals surface area contributed by atoms with E-state index in [1.807, 2.05) is 12.3 Å². The maximum atomic E-state index is 5.66. The van der Waals surface area contributed by atoms with Gasteiger partial charge in [0.25, 0.3) is 0 Å². The van der Waals surface area contributed by atoms with Crippen LogP contribution in [0.3, 0.4) is 0 Å². The van der Waals surface area contributed by atoms with Crippen LogP contribution in [0.4, 0.5) is 0 Å². The minimum absolute atomic E-state index is 0.316. The maximum Gasteiger partial charge on any atom is 0.123 e. The number of hydrogen-bond acceptors (Lipinski definition) is 4. The Balaban J connectivity index is 2.02. The summed E-state index contributed by atoms with van der Waals surface area (Å²) in [6.07, 6.45) is 3.62. The Bertz CT molecular complexity index is 555. The summed E-state index contributed by atoms with van der Waals surface area (Å²) in [6.45, 7) is 1.18. The molecule has 1 aromatic heterocycles. The molecule has 1 heterocycles. The molecule has 0 saturated heterocycles. The highest BCUT2D eigenvalue weighted by molar-refractivity contribution is 7.80. The summed E-state index contributed by atoms with van der Waals surface area (Å²) in [6, 6.07) is 7.25. The second-order valence-electron chi connectivity index (χ2n) is 3.88. The van der Waals surface area contributed by atoms with E-state index in [1.54, 1.807) is 36.2 Å².